The quantitative estimate of drug-likeness (QED) is 0.780. The summed E-state index contributed by atoms with van der Waals surface area (Å²) in [5, 5.41) is 5.39. The molecule has 1 aromatic rings. The summed E-state index contributed by atoms with van der Waals surface area (Å²) >= 11 is 0. The molecule has 1 aliphatic rings. The van der Waals surface area contributed by atoms with Gasteiger partial charge < -0.3 is 10.6 Å². The molecule has 2 rings (SSSR count). The molecule has 1 saturated heterocycles. The van der Waals surface area contributed by atoms with Gasteiger partial charge in [-0.05, 0) is 17.4 Å². The molecule has 1 aromatic carbocycles. The van der Waals surface area contributed by atoms with Crippen molar-refractivity contribution in [2.75, 3.05) is 13.1 Å². The first-order valence-corrected chi connectivity index (χ1v) is 7.83. The first-order valence-electron chi connectivity index (χ1n) is 7.83. The summed E-state index contributed by atoms with van der Waals surface area (Å²) in [7, 11) is 0. The number of benzene rings is 1. The number of amides is 4. The fraction of sp³-hybridized carbons (Fsp3) is 0.471. The van der Waals surface area contributed by atoms with Crippen molar-refractivity contribution in [3.05, 3.63) is 35.9 Å². The SMILES string of the molecule is CC(CNC(=O)CN1C(=O)NC(C(C)C)C1=O)c1ccccc1. The molecule has 0 aliphatic carbocycles. The van der Waals surface area contributed by atoms with E-state index in [1.54, 1.807) is 0 Å². The highest BCUT2D eigenvalue weighted by Gasteiger charge is 2.40. The number of imide groups is 1. The van der Waals surface area contributed by atoms with Crippen molar-refractivity contribution in [2.24, 2.45) is 5.92 Å². The van der Waals surface area contributed by atoms with Crippen LogP contribution in [0.3, 0.4) is 0 Å². The predicted octanol–water partition coefficient (Wildman–Crippen LogP) is 1.48. The highest BCUT2D eigenvalue weighted by atomic mass is 16.2. The van der Waals surface area contributed by atoms with Gasteiger partial charge in [-0.25, -0.2) is 4.79 Å². The third-order valence-electron chi connectivity index (χ3n) is 4.00. The summed E-state index contributed by atoms with van der Waals surface area (Å²) in [5.74, 6) is -0.513. The van der Waals surface area contributed by atoms with E-state index in [-0.39, 0.29) is 30.2 Å². The van der Waals surface area contributed by atoms with E-state index in [0.717, 1.165) is 10.5 Å². The fourth-order valence-corrected chi connectivity index (χ4v) is 2.51. The number of rotatable bonds is 6. The molecular formula is C17H23N3O3. The Bertz CT molecular complexity index is 586. The predicted molar refractivity (Wildman–Crippen MR) is 86.7 cm³/mol. The third kappa shape index (κ3) is 4.09. The first-order chi connectivity index (χ1) is 10.9. The second-order valence-corrected chi connectivity index (χ2v) is 6.21. The maximum Gasteiger partial charge on any atom is 0.325 e. The maximum absolute atomic E-state index is 12.1. The van der Waals surface area contributed by atoms with Crippen molar-refractivity contribution < 1.29 is 14.4 Å². The summed E-state index contributed by atoms with van der Waals surface area (Å²) in [6.07, 6.45) is 0. The van der Waals surface area contributed by atoms with E-state index >= 15 is 0 Å². The van der Waals surface area contributed by atoms with Gasteiger partial charge in [-0.15, -0.1) is 0 Å². The molecular weight excluding hydrogens is 294 g/mol. The lowest BCUT2D eigenvalue weighted by Gasteiger charge is -2.16. The fourth-order valence-electron chi connectivity index (χ4n) is 2.51. The van der Waals surface area contributed by atoms with Gasteiger partial charge in [-0.3, -0.25) is 14.5 Å². The second-order valence-electron chi connectivity index (χ2n) is 6.21. The lowest BCUT2D eigenvalue weighted by molar-refractivity contribution is -0.132. The van der Waals surface area contributed by atoms with E-state index in [9.17, 15) is 14.4 Å². The minimum atomic E-state index is -0.543. The van der Waals surface area contributed by atoms with Crippen molar-refractivity contribution in [3.63, 3.8) is 0 Å². The smallest absolute Gasteiger partial charge is 0.325 e. The second kappa shape index (κ2) is 7.26. The number of nitrogens with zero attached hydrogens (tertiary/aromatic N) is 1. The van der Waals surface area contributed by atoms with Gasteiger partial charge in [0.2, 0.25) is 5.91 Å². The molecule has 2 atom stereocenters. The Hall–Kier alpha value is -2.37. The van der Waals surface area contributed by atoms with Gasteiger partial charge in [0.25, 0.3) is 5.91 Å². The molecule has 1 aliphatic heterocycles. The average Bonchev–Trinajstić information content (AvgIpc) is 2.81. The Balaban J connectivity index is 1.85. The molecule has 0 radical (unpaired) electrons. The highest BCUT2D eigenvalue weighted by molar-refractivity contribution is 6.06. The highest BCUT2D eigenvalue weighted by Crippen LogP contribution is 2.14. The Morgan fingerprint density at radius 2 is 1.87 bits per heavy atom. The first kappa shape index (κ1) is 17.0. The topological polar surface area (TPSA) is 78.5 Å². The molecule has 23 heavy (non-hydrogen) atoms. The van der Waals surface area contributed by atoms with Crippen LogP contribution in [-0.4, -0.2) is 41.9 Å². The molecule has 1 heterocycles. The molecule has 0 bridgehead atoms. The minimum Gasteiger partial charge on any atom is -0.354 e. The van der Waals surface area contributed by atoms with Crippen LogP contribution in [0, 0.1) is 5.92 Å². The normalized spacial score (nSPS) is 19.0. The van der Waals surface area contributed by atoms with Crippen LogP contribution < -0.4 is 10.6 Å². The zero-order chi connectivity index (χ0) is 17.0. The summed E-state index contributed by atoms with van der Waals surface area (Å²) in [5.41, 5.74) is 1.13. The molecule has 2 unspecified atom stereocenters. The zero-order valence-corrected chi connectivity index (χ0v) is 13.7. The average molecular weight is 317 g/mol. The Morgan fingerprint density at radius 3 is 2.43 bits per heavy atom. The molecule has 6 nitrogen and oxygen atoms in total. The van der Waals surface area contributed by atoms with Crippen molar-refractivity contribution in [1.82, 2.24) is 15.5 Å². The Morgan fingerprint density at radius 1 is 1.22 bits per heavy atom. The van der Waals surface area contributed by atoms with Gasteiger partial charge in [-0.2, -0.15) is 0 Å². The zero-order valence-electron chi connectivity index (χ0n) is 13.7. The van der Waals surface area contributed by atoms with Crippen LogP contribution in [0.25, 0.3) is 0 Å². The monoisotopic (exact) mass is 317 g/mol. The molecule has 1 fully saturated rings. The van der Waals surface area contributed by atoms with Crippen molar-refractivity contribution in [3.8, 4) is 0 Å². The summed E-state index contributed by atoms with van der Waals surface area (Å²) in [4.78, 5) is 36.9. The number of urea groups is 1. The van der Waals surface area contributed by atoms with Gasteiger partial charge in [-0.1, -0.05) is 51.1 Å². The summed E-state index contributed by atoms with van der Waals surface area (Å²) < 4.78 is 0. The number of hydrogen-bond donors (Lipinski definition) is 2. The van der Waals surface area contributed by atoms with Crippen LogP contribution in [0.4, 0.5) is 4.79 Å². The summed E-state index contributed by atoms with van der Waals surface area (Å²) in [6, 6.07) is 8.80. The molecule has 0 saturated carbocycles. The van der Waals surface area contributed by atoms with Crippen LogP contribution in [0.5, 0.6) is 0 Å². The maximum atomic E-state index is 12.1. The third-order valence-corrected chi connectivity index (χ3v) is 4.00. The van der Waals surface area contributed by atoms with Gasteiger partial charge in [0, 0.05) is 6.54 Å². The van der Waals surface area contributed by atoms with Crippen molar-refractivity contribution in [1.29, 1.82) is 0 Å². The lowest BCUT2D eigenvalue weighted by atomic mass is 10.0. The van der Waals surface area contributed by atoms with Crippen LogP contribution in [0.2, 0.25) is 0 Å². The van der Waals surface area contributed by atoms with Crippen molar-refractivity contribution in [2.45, 2.75) is 32.7 Å². The van der Waals surface area contributed by atoms with E-state index in [1.165, 1.54) is 0 Å². The van der Waals surface area contributed by atoms with Crippen LogP contribution in [0.1, 0.15) is 32.3 Å². The largest absolute Gasteiger partial charge is 0.354 e. The Kier molecular flexibility index (Phi) is 5.36. The Labute approximate surface area is 136 Å². The number of hydrogen-bond acceptors (Lipinski definition) is 3. The van der Waals surface area contributed by atoms with E-state index in [1.807, 2.05) is 51.1 Å². The van der Waals surface area contributed by atoms with Gasteiger partial charge in [0.05, 0.1) is 0 Å². The van der Waals surface area contributed by atoms with Gasteiger partial charge in [0.15, 0.2) is 0 Å². The van der Waals surface area contributed by atoms with Crippen LogP contribution in [0.15, 0.2) is 30.3 Å². The summed E-state index contributed by atoms with van der Waals surface area (Å²) in [6.45, 7) is 5.94. The standard InChI is InChI=1S/C17H23N3O3/c1-11(2)15-16(22)20(17(23)19-15)10-14(21)18-9-12(3)13-7-5-4-6-8-13/h4-8,11-12,15H,9-10H2,1-3H3,(H,18,21)(H,19,23). The van der Waals surface area contributed by atoms with E-state index in [2.05, 4.69) is 10.6 Å². The van der Waals surface area contributed by atoms with Crippen molar-refractivity contribution >= 4 is 17.8 Å². The van der Waals surface area contributed by atoms with Crippen LogP contribution in [-0.2, 0) is 9.59 Å². The lowest BCUT2D eigenvalue weighted by Crippen LogP contribution is -2.42. The van der Waals surface area contributed by atoms with Gasteiger partial charge in [0.1, 0.15) is 12.6 Å². The molecule has 2 N–H and O–H groups in total. The van der Waals surface area contributed by atoms with Gasteiger partial charge >= 0.3 is 6.03 Å². The molecule has 4 amide bonds. The van der Waals surface area contributed by atoms with E-state index in [0.29, 0.717) is 6.54 Å². The number of nitrogens with one attached hydrogen (secondary N) is 2. The molecule has 0 aromatic heterocycles. The molecule has 6 heteroatoms. The number of carbonyl (C=O) groups is 3. The minimum absolute atomic E-state index is 0.00221. The molecule has 124 valence electrons. The number of carbonyl (C=O) groups excluding carboxylic acids is 3. The molecule has 0 spiro atoms. The van der Waals surface area contributed by atoms with E-state index < -0.39 is 12.1 Å². The van der Waals surface area contributed by atoms with E-state index in [4.69, 9.17) is 0 Å². The van der Waals surface area contributed by atoms with Crippen LogP contribution >= 0.6 is 0 Å².